The highest BCUT2D eigenvalue weighted by Crippen LogP contribution is 2.22. The zero-order valence-corrected chi connectivity index (χ0v) is 19.0. The van der Waals surface area contributed by atoms with Crippen LogP contribution in [-0.2, 0) is 0 Å². The van der Waals surface area contributed by atoms with Gasteiger partial charge in [0.15, 0.2) is 5.78 Å². The van der Waals surface area contributed by atoms with E-state index in [-0.39, 0.29) is 17.9 Å². The van der Waals surface area contributed by atoms with Crippen LogP contribution in [0.15, 0.2) is 41.1 Å². The fourth-order valence-corrected chi connectivity index (χ4v) is 4.66. The van der Waals surface area contributed by atoms with Crippen molar-refractivity contribution in [1.82, 2.24) is 15.1 Å². The van der Waals surface area contributed by atoms with Gasteiger partial charge in [0.05, 0.1) is 6.04 Å². The number of ketones is 1. The van der Waals surface area contributed by atoms with Gasteiger partial charge in [-0.15, -0.1) is 0 Å². The number of likely N-dealkylation sites (N-methyl/N-ethyl adjacent to an activating group) is 1. The van der Waals surface area contributed by atoms with E-state index < -0.39 is 0 Å². The van der Waals surface area contributed by atoms with E-state index in [0.29, 0.717) is 19.6 Å². The largest absolute Gasteiger partial charge is 0.368 e. The van der Waals surface area contributed by atoms with Crippen LogP contribution in [0.3, 0.4) is 0 Å². The van der Waals surface area contributed by atoms with E-state index in [1.54, 1.807) is 18.3 Å². The van der Waals surface area contributed by atoms with Crippen molar-refractivity contribution in [3.63, 3.8) is 0 Å². The zero-order chi connectivity index (χ0) is 21.5. The minimum Gasteiger partial charge on any atom is -0.368 e. The number of nitrogens with zero attached hydrogens (tertiary/aromatic N) is 3. The number of carbonyl (C=O) groups is 2. The first-order chi connectivity index (χ1) is 14.5. The van der Waals surface area contributed by atoms with E-state index >= 15 is 0 Å². The first-order valence-electron chi connectivity index (χ1n) is 10.7. The number of anilines is 1. The summed E-state index contributed by atoms with van der Waals surface area (Å²) < 4.78 is 0. The third-order valence-corrected chi connectivity index (χ3v) is 6.54. The summed E-state index contributed by atoms with van der Waals surface area (Å²) in [7, 11) is 0. The van der Waals surface area contributed by atoms with Crippen molar-refractivity contribution in [3.8, 4) is 0 Å². The summed E-state index contributed by atoms with van der Waals surface area (Å²) in [6.45, 7) is 11.4. The number of piperazine rings is 1. The van der Waals surface area contributed by atoms with Crippen molar-refractivity contribution >= 4 is 28.8 Å². The standard InChI is InChI=1S/C23H32N4O2S/c1-4-25(5-2)22(20-10-15-30-17-20)16-24-23(29)27-13-11-26(12-14-27)21-8-6-19(7-9-21)18(3)28/h6-10,15,17,22H,4-5,11-14,16H2,1-3H3,(H,24,29). The smallest absolute Gasteiger partial charge is 0.317 e. The van der Waals surface area contributed by atoms with Crippen molar-refractivity contribution < 1.29 is 9.59 Å². The molecule has 1 N–H and O–H groups in total. The number of thiophene rings is 1. The number of hydrogen-bond acceptors (Lipinski definition) is 5. The van der Waals surface area contributed by atoms with Gasteiger partial charge in [-0.1, -0.05) is 13.8 Å². The van der Waals surface area contributed by atoms with E-state index in [2.05, 4.69) is 45.8 Å². The summed E-state index contributed by atoms with van der Waals surface area (Å²) in [6.07, 6.45) is 0. The van der Waals surface area contributed by atoms with Crippen molar-refractivity contribution in [2.24, 2.45) is 0 Å². The molecule has 0 saturated carbocycles. The highest BCUT2D eigenvalue weighted by atomic mass is 32.1. The predicted molar refractivity (Wildman–Crippen MR) is 124 cm³/mol. The fourth-order valence-electron chi connectivity index (χ4n) is 3.96. The van der Waals surface area contributed by atoms with E-state index in [0.717, 1.165) is 37.4 Å². The van der Waals surface area contributed by atoms with Gasteiger partial charge >= 0.3 is 6.03 Å². The summed E-state index contributed by atoms with van der Waals surface area (Å²) in [5, 5.41) is 7.42. The zero-order valence-electron chi connectivity index (χ0n) is 18.1. The topological polar surface area (TPSA) is 55.9 Å². The highest BCUT2D eigenvalue weighted by Gasteiger charge is 2.24. The molecule has 0 bridgehead atoms. The van der Waals surface area contributed by atoms with Crippen LogP contribution in [0.1, 0.15) is 42.7 Å². The molecule has 1 aromatic carbocycles. The summed E-state index contributed by atoms with van der Waals surface area (Å²) in [6, 6.07) is 10.1. The lowest BCUT2D eigenvalue weighted by Gasteiger charge is -2.37. The van der Waals surface area contributed by atoms with Crippen LogP contribution in [0.4, 0.5) is 10.5 Å². The van der Waals surface area contributed by atoms with Gasteiger partial charge < -0.3 is 15.1 Å². The highest BCUT2D eigenvalue weighted by molar-refractivity contribution is 7.08. The Labute approximate surface area is 183 Å². The number of urea groups is 1. The maximum Gasteiger partial charge on any atom is 0.317 e. The number of amides is 2. The van der Waals surface area contributed by atoms with Gasteiger partial charge in [0.2, 0.25) is 0 Å². The van der Waals surface area contributed by atoms with Gasteiger partial charge in [0, 0.05) is 44.0 Å². The molecular formula is C23H32N4O2S. The average molecular weight is 429 g/mol. The molecule has 0 spiro atoms. The minimum atomic E-state index is 0.00830. The number of carbonyl (C=O) groups excluding carboxylic acids is 2. The van der Waals surface area contributed by atoms with E-state index in [4.69, 9.17) is 0 Å². The average Bonchev–Trinajstić information content (AvgIpc) is 3.31. The number of nitrogens with one attached hydrogen (secondary N) is 1. The first kappa shape index (κ1) is 22.3. The molecule has 0 radical (unpaired) electrons. The molecule has 2 amide bonds. The molecule has 162 valence electrons. The molecule has 6 nitrogen and oxygen atoms in total. The molecule has 1 atom stereocenters. The second kappa shape index (κ2) is 10.6. The first-order valence-corrected chi connectivity index (χ1v) is 11.6. The van der Waals surface area contributed by atoms with Gasteiger partial charge in [0.25, 0.3) is 0 Å². The second-order valence-corrected chi connectivity index (χ2v) is 8.34. The summed E-state index contributed by atoms with van der Waals surface area (Å²) >= 11 is 1.70. The molecule has 30 heavy (non-hydrogen) atoms. The number of rotatable bonds is 8. The van der Waals surface area contributed by atoms with E-state index in [1.165, 1.54) is 5.56 Å². The predicted octanol–water partition coefficient (Wildman–Crippen LogP) is 3.87. The number of hydrogen-bond donors (Lipinski definition) is 1. The normalized spacial score (nSPS) is 15.3. The van der Waals surface area contributed by atoms with Crippen LogP contribution >= 0.6 is 11.3 Å². The molecule has 1 fully saturated rings. The van der Waals surface area contributed by atoms with Crippen LogP contribution < -0.4 is 10.2 Å². The van der Waals surface area contributed by atoms with Gasteiger partial charge in [-0.3, -0.25) is 9.69 Å². The fraction of sp³-hybridized carbons (Fsp3) is 0.478. The van der Waals surface area contributed by atoms with Crippen LogP contribution in [0.2, 0.25) is 0 Å². The Bertz CT molecular complexity index is 810. The Morgan fingerprint density at radius 3 is 2.27 bits per heavy atom. The second-order valence-electron chi connectivity index (χ2n) is 7.56. The third-order valence-electron chi connectivity index (χ3n) is 5.83. The Kier molecular flexibility index (Phi) is 7.87. The van der Waals surface area contributed by atoms with E-state index in [9.17, 15) is 9.59 Å². The van der Waals surface area contributed by atoms with Crippen molar-refractivity contribution in [3.05, 3.63) is 52.2 Å². The Morgan fingerprint density at radius 2 is 1.73 bits per heavy atom. The molecular weight excluding hydrogens is 396 g/mol. The number of Topliss-reactive ketones (excluding diaryl/α,β-unsaturated/α-hetero) is 1. The van der Waals surface area contributed by atoms with Crippen LogP contribution in [0.5, 0.6) is 0 Å². The summed E-state index contributed by atoms with van der Waals surface area (Å²) in [4.78, 5) is 30.8. The monoisotopic (exact) mass is 428 g/mol. The lowest BCUT2D eigenvalue weighted by Crippen LogP contribution is -2.52. The maximum absolute atomic E-state index is 12.8. The maximum atomic E-state index is 12.8. The summed E-state index contributed by atoms with van der Waals surface area (Å²) in [5.74, 6) is 0.0773. The Balaban J connectivity index is 1.52. The molecule has 2 heterocycles. The molecule has 2 aromatic rings. The molecule has 1 aliphatic heterocycles. The Hall–Kier alpha value is -2.38. The van der Waals surface area contributed by atoms with Crippen molar-refractivity contribution in [1.29, 1.82) is 0 Å². The van der Waals surface area contributed by atoms with Gasteiger partial charge in [-0.2, -0.15) is 11.3 Å². The van der Waals surface area contributed by atoms with Crippen molar-refractivity contribution in [2.75, 3.05) is 50.7 Å². The summed E-state index contributed by atoms with van der Waals surface area (Å²) in [5.41, 5.74) is 3.09. The van der Waals surface area contributed by atoms with Gasteiger partial charge in [-0.05, 0) is 66.7 Å². The van der Waals surface area contributed by atoms with Gasteiger partial charge in [-0.25, -0.2) is 4.79 Å². The minimum absolute atomic E-state index is 0.00830. The molecule has 0 aliphatic carbocycles. The third kappa shape index (κ3) is 5.40. The molecule has 1 aliphatic rings. The van der Waals surface area contributed by atoms with Crippen LogP contribution in [0, 0.1) is 0 Å². The lowest BCUT2D eigenvalue weighted by atomic mass is 10.1. The van der Waals surface area contributed by atoms with E-state index in [1.807, 2.05) is 29.2 Å². The SMILES string of the molecule is CCN(CC)C(CNC(=O)N1CCN(c2ccc(C(C)=O)cc2)CC1)c1ccsc1. The number of benzene rings is 1. The molecule has 1 aromatic heterocycles. The van der Waals surface area contributed by atoms with Crippen molar-refractivity contribution in [2.45, 2.75) is 26.8 Å². The van der Waals surface area contributed by atoms with Crippen LogP contribution in [-0.4, -0.2) is 67.4 Å². The molecule has 3 rings (SSSR count). The molecule has 1 saturated heterocycles. The van der Waals surface area contributed by atoms with Crippen LogP contribution in [0.25, 0.3) is 0 Å². The molecule has 1 unspecified atom stereocenters. The quantitative estimate of drug-likeness (QED) is 0.649. The molecule has 7 heteroatoms. The Morgan fingerprint density at radius 1 is 1.07 bits per heavy atom. The lowest BCUT2D eigenvalue weighted by molar-refractivity contribution is 0.101. The van der Waals surface area contributed by atoms with Gasteiger partial charge in [0.1, 0.15) is 0 Å².